The van der Waals surface area contributed by atoms with Gasteiger partial charge in [-0.1, -0.05) is 38.1 Å². The smallest absolute Gasteiger partial charge is 0.335 e. The van der Waals surface area contributed by atoms with Crippen molar-refractivity contribution >= 4 is 0 Å². The highest BCUT2D eigenvalue weighted by Crippen LogP contribution is 2.15. The number of hydrogen-bond donors (Lipinski definition) is 1. The molecule has 5 nitrogen and oxygen atoms in total. The summed E-state index contributed by atoms with van der Waals surface area (Å²) < 4.78 is 7.15. The van der Waals surface area contributed by atoms with E-state index in [1.165, 1.54) is 5.56 Å². The second-order valence-corrected chi connectivity index (χ2v) is 4.94. The van der Waals surface area contributed by atoms with Crippen LogP contribution in [0.25, 0.3) is 0 Å². The standard InChI is InChI=1S/C15H22N4O/c1-4-16-9-12(2)14-7-5-13(6-8-14)10-20-15-17-11-19(3)18-15/h5-8,11-12,16H,4,9-10H2,1-3H3. The zero-order valence-corrected chi connectivity index (χ0v) is 12.3. The van der Waals surface area contributed by atoms with Gasteiger partial charge in [0.05, 0.1) is 0 Å². The number of nitrogens with zero attached hydrogens (tertiary/aromatic N) is 3. The maximum atomic E-state index is 5.52. The summed E-state index contributed by atoms with van der Waals surface area (Å²) >= 11 is 0. The number of rotatable bonds is 7. The molecular formula is C15H22N4O. The fourth-order valence-electron chi connectivity index (χ4n) is 1.95. The Morgan fingerprint density at radius 2 is 2.05 bits per heavy atom. The molecule has 2 rings (SSSR count). The summed E-state index contributed by atoms with van der Waals surface area (Å²) in [6.07, 6.45) is 1.63. The Hall–Kier alpha value is -1.88. The van der Waals surface area contributed by atoms with Crippen LogP contribution in [-0.4, -0.2) is 27.9 Å². The van der Waals surface area contributed by atoms with Gasteiger partial charge in [-0.15, -0.1) is 5.10 Å². The number of aryl methyl sites for hydroxylation is 1. The third kappa shape index (κ3) is 4.06. The highest BCUT2D eigenvalue weighted by atomic mass is 16.5. The molecule has 0 bridgehead atoms. The highest BCUT2D eigenvalue weighted by molar-refractivity contribution is 5.25. The average Bonchev–Trinajstić information content (AvgIpc) is 2.89. The predicted molar refractivity (Wildman–Crippen MR) is 78.7 cm³/mol. The van der Waals surface area contributed by atoms with Gasteiger partial charge in [0.15, 0.2) is 0 Å². The molecule has 0 aliphatic heterocycles. The van der Waals surface area contributed by atoms with E-state index in [0.717, 1.165) is 18.7 Å². The fourth-order valence-corrected chi connectivity index (χ4v) is 1.95. The summed E-state index contributed by atoms with van der Waals surface area (Å²) in [5, 5.41) is 7.45. The molecule has 1 atom stereocenters. The molecule has 20 heavy (non-hydrogen) atoms. The number of ether oxygens (including phenoxy) is 1. The zero-order valence-electron chi connectivity index (χ0n) is 12.3. The zero-order chi connectivity index (χ0) is 14.4. The molecule has 1 unspecified atom stereocenters. The van der Waals surface area contributed by atoms with Crippen LogP contribution in [0.5, 0.6) is 6.01 Å². The monoisotopic (exact) mass is 274 g/mol. The molecule has 1 aromatic carbocycles. The molecular weight excluding hydrogens is 252 g/mol. The van der Waals surface area contributed by atoms with Crippen molar-refractivity contribution in [1.82, 2.24) is 20.1 Å². The Morgan fingerprint density at radius 3 is 2.65 bits per heavy atom. The summed E-state index contributed by atoms with van der Waals surface area (Å²) in [7, 11) is 1.82. The second kappa shape index (κ2) is 7.05. The summed E-state index contributed by atoms with van der Waals surface area (Å²) in [5.41, 5.74) is 2.46. The predicted octanol–water partition coefficient (Wildman–Crippen LogP) is 2.11. The van der Waals surface area contributed by atoms with Crippen LogP contribution in [0.15, 0.2) is 30.6 Å². The van der Waals surface area contributed by atoms with Gasteiger partial charge in [0.25, 0.3) is 0 Å². The third-order valence-electron chi connectivity index (χ3n) is 3.20. The second-order valence-electron chi connectivity index (χ2n) is 4.94. The Bertz CT molecular complexity index is 521. The lowest BCUT2D eigenvalue weighted by Crippen LogP contribution is -2.19. The van der Waals surface area contributed by atoms with E-state index in [2.05, 4.69) is 53.5 Å². The average molecular weight is 274 g/mol. The van der Waals surface area contributed by atoms with E-state index in [-0.39, 0.29) is 0 Å². The van der Waals surface area contributed by atoms with Crippen LogP contribution >= 0.6 is 0 Å². The van der Waals surface area contributed by atoms with Gasteiger partial charge < -0.3 is 10.1 Å². The number of hydrogen-bond acceptors (Lipinski definition) is 4. The Balaban J connectivity index is 1.87. The molecule has 0 spiro atoms. The van der Waals surface area contributed by atoms with Crippen LogP contribution in [-0.2, 0) is 13.7 Å². The minimum atomic E-state index is 0.414. The van der Waals surface area contributed by atoms with Crippen molar-refractivity contribution in [2.24, 2.45) is 7.05 Å². The normalized spacial score (nSPS) is 12.3. The topological polar surface area (TPSA) is 52.0 Å². The minimum absolute atomic E-state index is 0.414. The van der Waals surface area contributed by atoms with Crippen LogP contribution in [0.1, 0.15) is 30.9 Å². The molecule has 5 heteroatoms. The first kappa shape index (κ1) is 14.5. The van der Waals surface area contributed by atoms with Crippen LogP contribution in [0.2, 0.25) is 0 Å². The molecule has 1 aromatic heterocycles. The number of aromatic nitrogens is 3. The van der Waals surface area contributed by atoms with Crippen LogP contribution < -0.4 is 10.1 Å². The molecule has 2 aromatic rings. The molecule has 108 valence electrons. The molecule has 0 fully saturated rings. The first-order valence-electron chi connectivity index (χ1n) is 6.97. The molecule has 0 aliphatic rings. The lowest BCUT2D eigenvalue weighted by molar-refractivity contribution is 0.280. The van der Waals surface area contributed by atoms with E-state index >= 15 is 0 Å². The van der Waals surface area contributed by atoms with Gasteiger partial charge in [0.2, 0.25) is 0 Å². The molecule has 1 heterocycles. The quantitative estimate of drug-likeness (QED) is 0.840. The Kier molecular flexibility index (Phi) is 5.12. The molecule has 0 saturated carbocycles. The maximum absolute atomic E-state index is 5.52. The molecule has 0 radical (unpaired) electrons. The van der Waals surface area contributed by atoms with E-state index < -0.39 is 0 Å². The molecule has 0 aliphatic carbocycles. The van der Waals surface area contributed by atoms with Crippen molar-refractivity contribution in [3.63, 3.8) is 0 Å². The fraction of sp³-hybridized carbons (Fsp3) is 0.467. The molecule has 1 N–H and O–H groups in total. The first-order chi connectivity index (χ1) is 9.69. The van der Waals surface area contributed by atoms with Crippen LogP contribution in [0.4, 0.5) is 0 Å². The molecule has 0 saturated heterocycles. The Morgan fingerprint density at radius 1 is 1.30 bits per heavy atom. The molecule has 0 amide bonds. The van der Waals surface area contributed by atoms with Crippen molar-refractivity contribution in [2.75, 3.05) is 13.1 Å². The Labute approximate surface area is 120 Å². The number of nitrogens with one attached hydrogen (secondary N) is 1. The van der Waals surface area contributed by atoms with Gasteiger partial charge in [-0.3, -0.25) is 4.68 Å². The van der Waals surface area contributed by atoms with Crippen molar-refractivity contribution in [2.45, 2.75) is 26.4 Å². The summed E-state index contributed by atoms with van der Waals surface area (Å²) in [4.78, 5) is 4.03. The maximum Gasteiger partial charge on any atom is 0.335 e. The third-order valence-corrected chi connectivity index (χ3v) is 3.20. The van der Waals surface area contributed by atoms with Crippen molar-refractivity contribution in [3.05, 3.63) is 41.7 Å². The minimum Gasteiger partial charge on any atom is -0.458 e. The largest absolute Gasteiger partial charge is 0.458 e. The number of benzene rings is 1. The summed E-state index contributed by atoms with van der Waals surface area (Å²) in [6, 6.07) is 8.93. The van der Waals surface area contributed by atoms with E-state index in [1.807, 2.05) is 7.05 Å². The highest BCUT2D eigenvalue weighted by Gasteiger charge is 2.05. The van der Waals surface area contributed by atoms with Crippen molar-refractivity contribution in [3.8, 4) is 6.01 Å². The lowest BCUT2D eigenvalue weighted by Gasteiger charge is -2.12. The van der Waals surface area contributed by atoms with E-state index in [4.69, 9.17) is 4.74 Å². The van der Waals surface area contributed by atoms with Gasteiger partial charge in [-0.2, -0.15) is 4.98 Å². The first-order valence-corrected chi connectivity index (χ1v) is 6.97. The summed E-state index contributed by atoms with van der Waals surface area (Å²) in [6.45, 7) is 6.86. The van der Waals surface area contributed by atoms with E-state index in [9.17, 15) is 0 Å². The van der Waals surface area contributed by atoms with Gasteiger partial charge in [-0.25, -0.2) is 0 Å². The SMILES string of the molecule is CCNCC(C)c1ccc(COc2ncn(C)n2)cc1. The number of likely N-dealkylation sites (N-methyl/N-ethyl adjacent to an activating group) is 1. The van der Waals surface area contributed by atoms with Gasteiger partial charge in [0, 0.05) is 13.6 Å². The van der Waals surface area contributed by atoms with E-state index in [1.54, 1.807) is 11.0 Å². The van der Waals surface area contributed by atoms with Gasteiger partial charge in [0.1, 0.15) is 12.9 Å². The van der Waals surface area contributed by atoms with Crippen molar-refractivity contribution in [1.29, 1.82) is 0 Å². The summed E-state index contributed by atoms with van der Waals surface area (Å²) in [5.74, 6) is 0.516. The lowest BCUT2D eigenvalue weighted by atomic mass is 10.00. The van der Waals surface area contributed by atoms with Gasteiger partial charge >= 0.3 is 6.01 Å². The van der Waals surface area contributed by atoms with Crippen LogP contribution in [0, 0.1) is 0 Å². The van der Waals surface area contributed by atoms with E-state index in [0.29, 0.717) is 18.5 Å². The van der Waals surface area contributed by atoms with Gasteiger partial charge in [-0.05, 0) is 23.6 Å². The van der Waals surface area contributed by atoms with Crippen molar-refractivity contribution < 1.29 is 4.74 Å². The van der Waals surface area contributed by atoms with Crippen LogP contribution in [0.3, 0.4) is 0 Å².